The van der Waals surface area contributed by atoms with Gasteiger partial charge in [0.15, 0.2) is 0 Å². The van der Waals surface area contributed by atoms with Crippen molar-refractivity contribution in [3.63, 3.8) is 0 Å². The Morgan fingerprint density at radius 3 is 2.48 bits per heavy atom. The zero-order chi connectivity index (χ0) is 17.1. The van der Waals surface area contributed by atoms with Gasteiger partial charge in [-0.2, -0.15) is 4.40 Å². The second-order valence-electron chi connectivity index (χ2n) is 6.07. The minimum absolute atomic E-state index is 0.172. The number of rotatable bonds is 0. The highest BCUT2D eigenvalue weighted by Crippen LogP contribution is 2.13. The number of aromatic amines is 1. The van der Waals surface area contributed by atoms with E-state index in [-0.39, 0.29) is 11.1 Å². The number of benzene rings is 2. The standard InChI is InChI=1S/C19H12N4O2/c1-11-10-22-17(24)12-6-2-5-9-15(12)21-19(22)23-16(11)20-14-8-4-3-7-13(14)18(23)25/h2-10H,1H3/p+1. The third-order valence-corrected chi connectivity index (χ3v) is 4.51. The van der Waals surface area contributed by atoms with Gasteiger partial charge in [-0.1, -0.05) is 24.3 Å². The van der Waals surface area contributed by atoms with Gasteiger partial charge in [-0.15, -0.1) is 4.40 Å². The van der Waals surface area contributed by atoms with E-state index in [9.17, 15) is 9.59 Å². The third-order valence-electron chi connectivity index (χ3n) is 4.51. The number of nitrogens with one attached hydrogen (secondary N) is 1. The first-order valence-corrected chi connectivity index (χ1v) is 7.93. The van der Waals surface area contributed by atoms with Crippen LogP contribution in [0.3, 0.4) is 0 Å². The van der Waals surface area contributed by atoms with Crippen molar-refractivity contribution in [1.29, 1.82) is 0 Å². The zero-order valence-electron chi connectivity index (χ0n) is 13.4. The number of para-hydroxylation sites is 2. The second kappa shape index (κ2) is 4.73. The highest BCUT2D eigenvalue weighted by atomic mass is 16.1. The lowest BCUT2D eigenvalue weighted by molar-refractivity contribution is -0.320. The van der Waals surface area contributed by atoms with Crippen LogP contribution in [0.25, 0.3) is 33.2 Å². The molecule has 0 aliphatic carbocycles. The summed E-state index contributed by atoms with van der Waals surface area (Å²) in [6, 6.07) is 14.5. The minimum Gasteiger partial charge on any atom is -0.250 e. The van der Waals surface area contributed by atoms with Crippen LogP contribution in [0.2, 0.25) is 0 Å². The van der Waals surface area contributed by atoms with Crippen molar-refractivity contribution >= 4 is 33.2 Å². The summed E-state index contributed by atoms with van der Waals surface area (Å²) in [6.07, 6.45) is 1.72. The lowest BCUT2D eigenvalue weighted by Crippen LogP contribution is -2.30. The molecule has 0 aliphatic rings. The fraction of sp³-hybridized carbons (Fsp3) is 0.0526. The molecule has 0 spiro atoms. The van der Waals surface area contributed by atoms with E-state index < -0.39 is 0 Å². The molecule has 0 fully saturated rings. The lowest BCUT2D eigenvalue weighted by atomic mass is 10.2. The Morgan fingerprint density at radius 1 is 0.920 bits per heavy atom. The number of hydrogen-bond donors (Lipinski definition) is 0. The van der Waals surface area contributed by atoms with Crippen molar-refractivity contribution in [2.24, 2.45) is 0 Å². The zero-order valence-corrected chi connectivity index (χ0v) is 13.4. The van der Waals surface area contributed by atoms with Gasteiger partial charge in [-0.25, -0.2) is 19.6 Å². The summed E-state index contributed by atoms with van der Waals surface area (Å²) in [7, 11) is 0. The first-order valence-electron chi connectivity index (χ1n) is 7.93. The van der Waals surface area contributed by atoms with Crippen LogP contribution in [-0.2, 0) is 0 Å². The maximum atomic E-state index is 13.1. The smallest absolute Gasteiger partial charge is 0.250 e. The summed E-state index contributed by atoms with van der Waals surface area (Å²) in [5.74, 6) is 0.396. The molecule has 3 aromatic heterocycles. The number of aromatic nitrogens is 4. The van der Waals surface area contributed by atoms with Gasteiger partial charge in [0.05, 0.1) is 22.5 Å². The molecule has 120 valence electrons. The molecule has 25 heavy (non-hydrogen) atoms. The van der Waals surface area contributed by atoms with E-state index in [1.165, 1.54) is 8.80 Å². The van der Waals surface area contributed by atoms with Gasteiger partial charge in [-0.05, 0) is 31.2 Å². The predicted molar refractivity (Wildman–Crippen MR) is 95.0 cm³/mol. The van der Waals surface area contributed by atoms with Gasteiger partial charge in [0.1, 0.15) is 5.52 Å². The van der Waals surface area contributed by atoms with Gasteiger partial charge in [0.25, 0.3) is 0 Å². The lowest BCUT2D eigenvalue weighted by Gasteiger charge is -2.05. The molecule has 3 heterocycles. The Bertz CT molecular complexity index is 1450. The van der Waals surface area contributed by atoms with Gasteiger partial charge in [0, 0.05) is 5.56 Å². The molecule has 5 aromatic rings. The summed E-state index contributed by atoms with van der Waals surface area (Å²) in [4.78, 5) is 33.8. The third kappa shape index (κ3) is 1.79. The van der Waals surface area contributed by atoms with Crippen LogP contribution in [0.15, 0.2) is 64.3 Å². The van der Waals surface area contributed by atoms with Gasteiger partial charge in [-0.3, -0.25) is 0 Å². The number of hydrogen-bond acceptors (Lipinski definition) is 3. The highest BCUT2D eigenvalue weighted by Gasteiger charge is 2.20. The van der Waals surface area contributed by atoms with E-state index in [2.05, 4.69) is 9.97 Å². The summed E-state index contributed by atoms with van der Waals surface area (Å²) >= 11 is 0. The normalized spacial score (nSPS) is 11.7. The Balaban J connectivity index is 2.16. The molecule has 6 nitrogen and oxygen atoms in total. The van der Waals surface area contributed by atoms with Crippen molar-refractivity contribution in [2.45, 2.75) is 6.92 Å². The van der Waals surface area contributed by atoms with Crippen molar-refractivity contribution in [2.75, 3.05) is 0 Å². The molecule has 2 aromatic carbocycles. The molecule has 0 bridgehead atoms. The van der Waals surface area contributed by atoms with Crippen LogP contribution in [0, 0.1) is 6.92 Å². The SMILES string of the molecule is Cc1cn2c(=O)c3ccccc3[nH+]c2n2c(=O)c3ccccc3nc12. The molecule has 5 rings (SSSR count). The van der Waals surface area contributed by atoms with E-state index in [1.54, 1.807) is 24.4 Å². The first-order chi connectivity index (χ1) is 12.1. The number of nitrogens with zero attached hydrogens (tertiary/aromatic N) is 3. The van der Waals surface area contributed by atoms with E-state index >= 15 is 0 Å². The average Bonchev–Trinajstić information content (AvgIpc) is 2.63. The Labute approximate surface area is 140 Å². The van der Waals surface area contributed by atoms with Crippen LogP contribution >= 0.6 is 0 Å². The van der Waals surface area contributed by atoms with Gasteiger partial charge >= 0.3 is 16.9 Å². The number of aryl methyl sites for hydroxylation is 1. The van der Waals surface area contributed by atoms with Crippen LogP contribution in [0.4, 0.5) is 0 Å². The van der Waals surface area contributed by atoms with Crippen LogP contribution < -0.4 is 16.1 Å². The Hall–Kier alpha value is -3.54. The van der Waals surface area contributed by atoms with Crippen LogP contribution in [-0.4, -0.2) is 13.8 Å². The van der Waals surface area contributed by atoms with Crippen molar-refractivity contribution in [3.8, 4) is 0 Å². The van der Waals surface area contributed by atoms with Gasteiger partial charge in [0.2, 0.25) is 5.65 Å². The maximum absolute atomic E-state index is 13.1. The number of fused-ring (bicyclic) bond motifs is 5. The topological polar surface area (TPSA) is 70.0 Å². The summed E-state index contributed by atoms with van der Waals surface area (Å²) in [5, 5.41) is 1.09. The average molecular weight is 329 g/mol. The quantitative estimate of drug-likeness (QED) is 0.321. The summed E-state index contributed by atoms with van der Waals surface area (Å²) < 4.78 is 2.95. The summed E-state index contributed by atoms with van der Waals surface area (Å²) in [6.45, 7) is 1.84. The molecule has 0 saturated carbocycles. The molecular formula is C19H13N4O2+. The largest absolute Gasteiger partial charge is 0.379 e. The van der Waals surface area contributed by atoms with Crippen molar-refractivity contribution < 1.29 is 4.98 Å². The monoisotopic (exact) mass is 329 g/mol. The Kier molecular flexibility index (Phi) is 2.62. The predicted octanol–water partition coefficient (Wildman–Crippen LogP) is 1.74. The molecule has 6 heteroatoms. The molecule has 0 saturated heterocycles. The van der Waals surface area contributed by atoms with Crippen LogP contribution in [0.5, 0.6) is 0 Å². The summed E-state index contributed by atoms with van der Waals surface area (Å²) in [5.41, 5.74) is 2.23. The second-order valence-corrected chi connectivity index (χ2v) is 6.07. The maximum Gasteiger partial charge on any atom is 0.379 e. The van der Waals surface area contributed by atoms with Crippen LogP contribution in [0.1, 0.15) is 5.56 Å². The fourth-order valence-corrected chi connectivity index (χ4v) is 3.31. The Morgan fingerprint density at radius 2 is 1.64 bits per heavy atom. The van der Waals surface area contributed by atoms with E-state index in [0.717, 1.165) is 5.56 Å². The fourth-order valence-electron chi connectivity index (χ4n) is 3.31. The van der Waals surface area contributed by atoms with Crippen molar-refractivity contribution in [3.05, 3.63) is 81.0 Å². The molecule has 0 amide bonds. The van der Waals surface area contributed by atoms with Crippen molar-refractivity contribution in [1.82, 2.24) is 13.8 Å². The minimum atomic E-state index is -0.201. The van der Waals surface area contributed by atoms with E-state index in [0.29, 0.717) is 33.2 Å². The highest BCUT2D eigenvalue weighted by molar-refractivity contribution is 5.81. The molecule has 0 aliphatic heterocycles. The van der Waals surface area contributed by atoms with E-state index in [1.807, 2.05) is 37.3 Å². The van der Waals surface area contributed by atoms with E-state index in [4.69, 9.17) is 0 Å². The number of H-pyrrole nitrogens is 1. The molecule has 0 atom stereocenters. The molecule has 0 unspecified atom stereocenters. The molecule has 1 N–H and O–H groups in total. The molecule has 0 radical (unpaired) electrons. The molecular weight excluding hydrogens is 316 g/mol. The first kappa shape index (κ1) is 13.9. The van der Waals surface area contributed by atoms with Gasteiger partial charge < -0.3 is 0 Å².